The second kappa shape index (κ2) is 21.2. The molecule has 16 heteroatoms. The third-order valence-corrected chi connectivity index (χ3v) is 7.33. The molecule has 0 unspecified atom stereocenters. The molecule has 3 aliphatic rings. The number of nitrogens with zero attached hydrogens (tertiary/aromatic N) is 6. The van der Waals surface area contributed by atoms with E-state index in [1.807, 2.05) is 0 Å². The molecule has 0 atom stereocenters. The third kappa shape index (κ3) is 14.6. The van der Waals surface area contributed by atoms with Crippen LogP contribution in [-0.4, -0.2) is 164 Å². The van der Waals surface area contributed by atoms with Gasteiger partial charge in [0.1, 0.15) is 0 Å². The summed E-state index contributed by atoms with van der Waals surface area (Å²) in [6.07, 6.45) is 4.72. The second-order valence-electron chi connectivity index (χ2n) is 11.7. The van der Waals surface area contributed by atoms with E-state index in [-0.39, 0.29) is 54.1 Å². The van der Waals surface area contributed by atoms with Gasteiger partial charge in [0, 0.05) is 98.6 Å². The summed E-state index contributed by atoms with van der Waals surface area (Å²) in [5, 5.41) is 0. The van der Waals surface area contributed by atoms with Gasteiger partial charge in [-0.05, 0) is 38.5 Å². The van der Waals surface area contributed by atoms with Crippen molar-refractivity contribution < 1.29 is 60.2 Å². The zero-order chi connectivity index (χ0) is 34.3. The van der Waals surface area contributed by atoms with Crippen LogP contribution < -0.4 is 0 Å². The topological polar surface area (TPSA) is 173 Å². The van der Waals surface area contributed by atoms with Gasteiger partial charge in [-0.2, -0.15) is 0 Å². The normalized spacial score (nSPS) is 14.9. The van der Waals surface area contributed by atoms with E-state index in [1.54, 1.807) is 42.3 Å². The summed E-state index contributed by atoms with van der Waals surface area (Å²) in [7, 11) is 9.39. The summed E-state index contributed by atoms with van der Waals surface area (Å²) in [6.45, 7) is 3.84. The Morgan fingerprint density at radius 1 is 0.391 bits per heavy atom. The fourth-order valence-corrected chi connectivity index (χ4v) is 4.40. The van der Waals surface area contributed by atoms with E-state index in [2.05, 4.69) is 0 Å². The van der Waals surface area contributed by atoms with Gasteiger partial charge < -0.3 is 29.4 Å². The predicted molar refractivity (Wildman–Crippen MR) is 162 cm³/mol. The van der Waals surface area contributed by atoms with Crippen molar-refractivity contribution in [1.82, 2.24) is 29.4 Å². The van der Waals surface area contributed by atoms with Crippen molar-refractivity contribution in [2.45, 2.75) is 57.8 Å². The van der Waals surface area contributed by atoms with Crippen LogP contribution >= 0.6 is 0 Å². The molecule has 0 radical (unpaired) electrons. The smallest absolute Gasteiger partial charge is 0.290 e. The van der Waals surface area contributed by atoms with E-state index < -0.39 is 35.1 Å². The van der Waals surface area contributed by atoms with Crippen LogP contribution in [0.3, 0.4) is 0 Å². The molecular formula is C30H48FeN6O9. The van der Waals surface area contributed by atoms with E-state index in [0.717, 1.165) is 38.5 Å². The van der Waals surface area contributed by atoms with Crippen molar-refractivity contribution in [3.05, 3.63) is 0 Å². The number of hydrogen-bond donors (Lipinski definition) is 0. The number of ketones is 3. The van der Waals surface area contributed by atoms with Crippen LogP contribution in [0.2, 0.25) is 0 Å². The van der Waals surface area contributed by atoms with E-state index in [4.69, 9.17) is 0 Å². The van der Waals surface area contributed by atoms with Crippen molar-refractivity contribution in [1.29, 1.82) is 0 Å². The zero-order valence-corrected chi connectivity index (χ0v) is 28.9. The number of hydrogen-bond acceptors (Lipinski definition) is 9. The zero-order valence-electron chi connectivity index (χ0n) is 27.8. The predicted octanol–water partition coefficient (Wildman–Crippen LogP) is -1.03. The molecule has 0 N–H and O–H groups in total. The first-order valence-corrected chi connectivity index (χ1v) is 15.1. The molecule has 0 bridgehead atoms. The summed E-state index contributed by atoms with van der Waals surface area (Å²) >= 11 is 0. The first-order chi connectivity index (χ1) is 21.1. The molecule has 3 rings (SSSR count). The molecule has 6 amide bonds. The third-order valence-electron chi connectivity index (χ3n) is 7.33. The van der Waals surface area contributed by atoms with Gasteiger partial charge in [-0.25, -0.2) is 0 Å². The van der Waals surface area contributed by atoms with Gasteiger partial charge in [0.25, 0.3) is 17.7 Å². The van der Waals surface area contributed by atoms with Crippen LogP contribution in [0.15, 0.2) is 0 Å². The summed E-state index contributed by atoms with van der Waals surface area (Å²) in [4.78, 5) is 111. The van der Waals surface area contributed by atoms with Crippen molar-refractivity contribution in [3.63, 3.8) is 0 Å². The molecule has 0 aromatic rings. The van der Waals surface area contributed by atoms with E-state index in [0.29, 0.717) is 39.3 Å². The minimum atomic E-state index is -0.601. The minimum Gasteiger partial charge on any atom is -0.348 e. The molecule has 0 aromatic carbocycles. The average Bonchev–Trinajstić information content (AvgIpc) is 3.80. The largest absolute Gasteiger partial charge is 0.348 e. The minimum absolute atomic E-state index is 0. The van der Waals surface area contributed by atoms with Gasteiger partial charge in [0.15, 0.2) is 0 Å². The molecule has 0 saturated carbocycles. The van der Waals surface area contributed by atoms with Crippen LogP contribution in [0.1, 0.15) is 57.8 Å². The maximum atomic E-state index is 11.5. The van der Waals surface area contributed by atoms with Crippen LogP contribution in [0.4, 0.5) is 0 Å². The van der Waals surface area contributed by atoms with Gasteiger partial charge >= 0.3 is 0 Å². The molecule has 0 aliphatic carbocycles. The second-order valence-corrected chi connectivity index (χ2v) is 11.7. The summed E-state index contributed by atoms with van der Waals surface area (Å²) in [5.41, 5.74) is 0. The quantitative estimate of drug-likeness (QED) is 0.166. The summed E-state index contributed by atoms with van der Waals surface area (Å²) in [6, 6.07) is 0. The Hall–Kier alpha value is -3.65. The van der Waals surface area contributed by atoms with Crippen molar-refractivity contribution in [2.75, 3.05) is 81.6 Å². The number of Topliss-reactive ketones (excluding diaryl/α,β-unsaturated/α-hetero) is 3. The maximum Gasteiger partial charge on any atom is 0.290 e. The van der Waals surface area contributed by atoms with Crippen LogP contribution in [-0.2, 0) is 60.2 Å². The summed E-state index contributed by atoms with van der Waals surface area (Å²) in [5.74, 6) is -4.32. The van der Waals surface area contributed by atoms with Crippen molar-refractivity contribution in [3.8, 4) is 0 Å². The molecule has 3 saturated heterocycles. The first-order valence-electron chi connectivity index (χ1n) is 15.1. The van der Waals surface area contributed by atoms with Crippen molar-refractivity contribution in [2.24, 2.45) is 0 Å². The molecular weight excluding hydrogens is 644 g/mol. The number of carbonyl (C=O) groups excluding carboxylic acids is 9. The maximum absolute atomic E-state index is 11.5. The van der Waals surface area contributed by atoms with Crippen molar-refractivity contribution >= 4 is 52.8 Å². The average molecular weight is 693 g/mol. The first kappa shape index (κ1) is 42.3. The van der Waals surface area contributed by atoms with E-state index >= 15 is 0 Å². The van der Waals surface area contributed by atoms with E-state index in [1.165, 1.54) is 29.4 Å². The van der Waals surface area contributed by atoms with E-state index in [9.17, 15) is 43.2 Å². The Balaban J connectivity index is 0.000000653. The Kier molecular flexibility index (Phi) is 19.5. The number of amides is 6. The standard InChI is InChI=1S/3C10H16N2O3.Fe/c3*1-11(2)9(14)7-8(13)10(15)12-5-3-4-6-12;/h3*3-7H2,1-2H3;. The monoisotopic (exact) mass is 692 g/mol. The van der Waals surface area contributed by atoms with Gasteiger partial charge in [-0.15, -0.1) is 0 Å². The number of rotatable bonds is 9. The van der Waals surface area contributed by atoms with Crippen LogP contribution in [0, 0.1) is 0 Å². The summed E-state index contributed by atoms with van der Waals surface area (Å²) < 4.78 is 0. The van der Waals surface area contributed by atoms with Gasteiger partial charge in [0.05, 0.1) is 19.3 Å². The molecule has 0 spiro atoms. The Morgan fingerprint density at radius 3 is 0.717 bits per heavy atom. The SMILES string of the molecule is CN(C)C(=O)CC(=O)C(=O)N1CCCC1.CN(C)C(=O)CC(=O)C(=O)N1CCCC1.CN(C)C(=O)CC(=O)C(=O)N1CCCC1.[Fe]. The molecule has 3 fully saturated rings. The van der Waals surface area contributed by atoms with Gasteiger partial charge in [-0.3, -0.25) is 43.2 Å². The molecule has 0 aromatic heterocycles. The Bertz CT molecular complexity index is 986. The van der Waals surface area contributed by atoms with Gasteiger partial charge in [0.2, 0.25) is 35.1 Å². The Morgan fingerprint density at radius 2 is 0.565 bits per heavy atom. The molecule has 260 valence electrons. The molecule has 15 nitrogen and oxygen atoms in total. The fraction of sp³-hybridized carbons (Fsp3) is 0.700. The number of carbonyl (C=O) groups is 9. The fourth-order valence-electron chi connectivity index (χ4n) is 4.40. The van der Waals surface area contributed by atoms with Crippen LogP contribution in [0.25, 0.3) is 0 Å². The Labute approximate surface area is 281 Å². The number of likely N-dealkylation sites (tertiary alicyclic amines) is 3. The van der Waals surface area contributed by atoms with Gasteiger partial charge in [-0.1, -0.05) is 0 Å². The molecule has 46 heavy (non-hydrogen) atoms. The molecule has 3 heterocycles. The molecule has 3 aliphatic heterocycles. The van der Waals surface area contributed by atoms with Crippen LogP contribution in [0.5, 0.6) is 0 Å².